The molecule has 0 bridgehead atoms. The summed E-state index contributed by atoms with van der Waals surface area (Å²) in [6.07, 6.45) is 1.69. The van der Waals surface area contributed by atoms with Crippen molar-refractivity contribution < 1.29 is 13.7 Å². The minimum absolute atomic E-state index is 0.000996. The second-order valence-corrected chi connectivity index (χ2v) is 8.85. The van der Waals surface area contributed by atoms with Crippen LogP contribution in [0.25, 0.3) is 22.6 Å². The minimum atomic E-state index is -0.211. The second kappa shape index (κ2) is 7.74. The number of anilines is 1. The molecule has 1 fully saturated rings. The van der Waals surface area contributed by atoms with Crippen LogP contribution in [-0.4, -0.2) is 57.1 Å². The Hall–Kier alpha value is -3.75. The molecule has 5 rings (SSSR count). The molecule has 4 aromatic rings. The SMILES string of the molecule is CC(C)(C)c1nc(-c2ccc(C(=O)N3CCN(c4nc5ncccc5o4)CC3)cc2)no1. The Labute approximate surface area is 185 Å². The van der Waals surface area contributed by atoms with E-state index in [0.717, 1.165) is 5.56 Å². The zero-order valence-electron chi connectivity index (χ0n) is 18.3. The van der Waals surface area contributed by atoms with Crippen LogP contribution in [0, 0.1) is 0 Å². The molecule has 1 aliphatic heterocycles. The predicted octanol–water partition coefficient (Wildman–Crippen LogP) is 3.53. The molecule has 0 radical (unpaired) electrons. The number of fused-ring (bicyclic) bond motifs is 1. The number of hydrogen-bond acceptors (Lipinski definition) is 8. The van der Waals surface area contributed by atoms with Gasteiger partial charge in [-0.05, 0) is 24.3 Å². The summed E-state index contributed by atoms with van der Waals surface area (Å²) in [7, 11) is 0. The zero-order valence-corrected chi connectivity index (χ0v) is 18.3. The van der Waals surface area contributed by atoms with E-state index in [0.29, 0.717) is 60.7 Å². The molecule has 9 heteroatoms. The summed E-state index contributed by atoms with van der Waals surface area (Å²) in [5.74, 6) is 1.11. The maximum atomic E-state index is 13.0. The number of carbonyl (C=O) groups excluding carboxylic acids is 1. The van der Waals surface area contributed by atoms with Crippen molar-refractivity contribution in [1.82, 2.24) is 25.0 Å². The van der Waals surface area contributed by atoms with Gasteiger partial charge in [0.15, 0.2) is 5.58 Å². The average Bonchev–Trinajstić information content (AvgIpc) is 3.46. The Bertz CT molecular complexity index is 1210. The molecule has 0 aliphatic carbocycles. The third-order valence-electron chi connectivity index (χ3n) is 5.45. The molecular weight excluding hydrogens is 408 g/mol. The Morgan fingerprint density at radius 3 is 2.41 bits per heavy atom. The molecule has 0 saturated carbocycles. The van der Waals surface area contributed by atoms with Crippen molar-refractivity contribution in [3.8, 4) is 11.4 Å². The van der Waals surface area contributed by atoms with Crippen LogP contribution in [0.15, 0.2) is 51.5 Å². The lowest BCUT2D eigenvalue weighted by atomic mass is 9.97. The van der Waals surface area contributed by atoms with Crippen molar-refractivity contribution in [2.45, 2.75) is 26.2 Å². The van der Waals surface area contributed by atoms with Gasteiger partial charge in [-0.25, -0.2) is 4.98 Å². The topological polar surface area (TPSA) is 101 Å². The highest BCUT2D eigenvalue weighted by atomic mass is 16.5. The van der Waals surface area contributed by atoms with Crippen molar-refractivity contribution in [2.75, 3.05) is 31.1 Å². The van der Waals surface area contributed by atoms with Crippen molar-refractivity contribution in [1.29, 1.82) is 0 Å². The molecule has 1 saturated heterocycles. The quantitative estimate of drug-likeness (QED) is 0.485. The number of hydrogen-bond donors (Lipinski definition) is 0. The first kappa shape index (κ1) is 20.2. The van der Waals surface area contributed by atoms with Crippen molar-refractivity contribution >= 4 is 23.2 Å². The van der Waals surface area contributed by atoms with Gasteiger partial charge in [0.1, 0.15) is 0 Å². The van der Waals surface area contributed by atoms with Crippen LogP contribution in [0.3, 0.4) is 0 Å². The van der Waals surface area contributed by atoms with Crippen LogP contribution >= 0.6 is 0 Å². The first-order valence-corrected chi connectivity index (χ1v) is 10.6. The van der Waals surface area contributed by atoms with Gasteiger partial charge in [0.2, 0.25) is 17.4 Å². The van der Waals surface area contributed by atoms with Gasteiger partial charge in [-0.3, -0.25) is 4.79 Å². The first-order valence-electron chi connectivity index (χ1n) is 10.6. The van der Waals surface area contributed by atoms with Gasteiger partial charge in [-0.15, -0.1) is 0 Å². The van der Waals surface area contributed by atoms with Gasteiger partial charge < -0.3 is 18.7 Å². The smallest absolute Gasteiger partial charge is 0.300 e. The lowest BCUT2D eigenvalue weighted by Gasteiger charge is -2.33. The van der Waals surface area contributed by atoms with Crippen LogP contribution in [0.4, 0.5) is 6.01 Å². The van der Waals surface area contributed by atoms with E-state index < -0.39 is 0 Å². The van der Waals surface area contributed by atoms with E-state index in [2.05, 4.69) is 20.1 Å². The Morgan fingerprint density at radius 2 is 1.75 bits per heavy atom. The van der Waals surface area contributed by atoms with E-state index in [1.807, 2.05) is 67.0 Å². The van der Waals surface area contributed by atoms with Gasteiger partial charge in [0.25, 0.3) is 11.9 Å². The molecule has 0 atom stereocenters. The summed E-state index contributed by atoms with van der Waals surface area (Å²) in [6.45, 7) is 8.54. The van der Waals surface area contributed by atoms with E-state index >= 15 is 0 Å². The summed E-state index contributed by atoms with van der Waals surface area (Å²) in [5.41, 5.74) is 2.50. The molecule has 1 aliphatic rings. The summed E-state index contributed by atoms with van der Waals surface area (Å²) < 4.78 is 11.2. The lowest BCUT2D eigenvalue weighted by Crippen LogP contribution is -2.48. The highest BCUT2D eigenvalue weighted by Gasteiger charge is 2.26. The second-order valence-electron chi connectivity index (χ2n) is 8.85. The fourth-order valence-corrected chi connectivity index (χ4v) is 3.58. The van der Waals surface area contributed by atoms with Crippen LogP contribution < -0.4 is 4.90 Å². The standard InChI is InChI=1S/C23H24N6O3/c1-23(2,3)21-25-18(27-32-21)15-6-8-16(9-7-15)20(30)28-11-13-29(14-12-28)22-26-19-17(31-22)5-4-10-24-19/h4-10H,11-14H2,1-3H3. The number of amides is 1. The molecule has 1 amide bonds. The van der Waals surface area contributed by atoms with Crippen molar-refractivity contribution in [3.63, 3.8) is 0 Å². The number of oxazole rings is 1. The third-order valence-corrected chi connectivity index (χ3v) is 5.45. The number of rotatable bonds is 3. The maximum absolute atomic E-state index is 13.0. The molecule has 164 valence electrons. The predicted molar refractivity (Wildman–Crippen MR) is 118 cm³/mol. The van der Waals surface area contributed by atoms with Crippen molar-refractivity contribution in [2.24, 2.45) is 0 Å². The molecular formula is C23H24N6O3. The van der Waals surface area contributed by atoms with Crippen LogP contribution in [-0.2, 0) is 5.41 Å². The summed E-state index contributed by atoms with van der Waals surface area (Å²) in [4.78, 5) is 30.0. The fourth-order valence-electron chi connectivity index (χ4n) is 3.58. The number of aromatic nitrogens is 4. The van der Waals surface area contributed by atoms with Crippen LogP contribution in [0.2, 0.25) is 0 Å². The fraction of sp³-hybridized carbons (Fsp3) is 0.348. The van der Waals surface area contributed by atoms with E-state index in [1.165, 1.54) is 0 Å². The van der Waals surface area contributed by atoms with Crippen molar-refractivity contribution in [3.05, 3.63) is 54.0 Å². The number of pyridine rings is 1. The van der Waals surface area contributed by atoms with Crippen LogP contribution in [0.5, 0.6) is 0 Å². The van der Waals surface area contributed by atoms with Gasteiger partial charge >= 0.3 is 0 Å². The summed E-state index contributed by atoms with van der Waals surface area (Å²) in [5, 5.41) is 4.06. The van der Waals surface area contributed by atoms with E-state index in [9.17, 15) is 4.79 Å². The lowest BCUT2D eigenvalue weighted by molar-refractivity contribution is 0.0745. The largest absolute Gasteiger partial charge is 0.422 e. The van der Waals surface area contributed by atoms with Crippen LogP contribution in [0.1, 0.15) is 37.0 Å². The summed E-state index contributed by atoms with van der Waals surface area (Å²) >= 11 is 0. The van der Waals surface area contributed by atoms with Gasteiger partial charge in [0, 0.05) is 48.9 Å². The third kappa shape index (κ3) is 3.81. The molecule has 3 aromatic heterocycles. The number of piperazine rings is 1. The maximum Gasteiger partial charge on any atom is 0.300 e. The first-order chi connectivity index (χ1) is 15.4. The number of carbonyl (C=O) groups is 1. The molecule has 0 N–H and O–H groups in total. The summed E-state index contributed by atoms with van der Waals surface area (Å²) in [6, 6.07) is 11.5. The minimum Gasteiger partial charge on any atom is -0.422 e. The Morgan fingerprint density at radius 1 is 1.00 bits per heavy atom. The normalized spacial score (nSPS) is 14.8. The molecule has 0 spiro atoms. The van der Waals surface area contributed by atoms with Gasteiger partial charge in [0.05, 0.1) is 0 Å². The molecule has 4 heterocycles. The zero-order chi connectivity index (χ0) is 22.3. The monoisotopic (exact) mass is 432 g/mol. The Balaban J connectivity index is 1.23. The molecule has 9 nitrogen and oxygen atoms in total. The van der Waals surface area contributed by atoms with Gasteiger partial charge in [-0.2, -0.15) is 9.97 Å². The van der Waals surface area contributed by atoms with E-state index in [1.54, 1.807) is 6.20 Å². The molecule has 1 aromatic carbocycles. The van der Waals surface area contributed by atoms with Gasteiger partial charge in [-0.1, -0.05) is 38.1 Å². The Kier molecular flexibility index (Phi) is 4.88. The number of nitrogens with zero attached hydrogens (tertiary/aromatic N) is 6. The van der Waals surface area contributed by atoms with E-state index in [-0.39, 0.29) is 11.3 Å². The molecule has 0 unspecified atom stereocenters. The molecule has 32 heavy (non-hydrogen) atoms. The number of benzene rings is 1. The average molecular weight is 432 g/mol. The highest BCUT2D eigenvalue weighted by molar-refractivity contribution is 5.94. The van der Waals surface area contributed by atoms with E-state index in [4.69, 9.17) is 8.94 Å². The highest BCUT2D eigenvalue weighted by Crippen LogP contribution is 2.25.